The van der Waals surface area contributed by atoms with Crippen molar-refractivity contribution < 1.29 is 4.79 Å². The van der Waals surface area contributed by atoms with Crippen LogP contribution in [0.1, 0.15) is 10.4 Å². The molecule has 8 heteroatoms. The maximum absolute atomic E-state index is 11.9. The zero-order valence-corrected chi connectivity index (χ0v) is 11.0. The number of aromatic nitrogens is 3. The predicted octanol–water partition coefficient (Wildman–Crippen LogP) is 3.08. The molecular formula is C10H5Cl3N4O. The molecule has 2 rings (SSSR count). The first-order valence-corrected chi connectivity index (χ1v) is 5.81. The Labute approximate surface area is 117 Å². The summed E-state index contributed by atoms with van der Waals surface area (Å²) in [6.07, 6.45) is 1.42. The van der Waals surface area contributed by atoms with E-state index in [1.54, 1.807) is 12.1 Å². The van der Waals surface area contributed by atoms with Gasteiger partial charge in [-0.2, -0.15) is 0 Å². The van der Waals surface area contributed by atoms with Crippen LogP contribution in [0, 0.1) is 0 Å². The van der Waals surface area contributed by atoms with E-state index in [0.717, 1.165) is 0 Å². The molecule has 0 aliphatic carbocycles. The molecule has 0 spiro atoms. The van der Waals surface area contributed by atoms with Gasteiger partial charge in [-0.1, -0.05) is 34.8 Å². The molecule has 1 N–H and O–H groups in total. The zero-order chi connectivity index (χ0) is 13.1. The Morgan fingerprint density at radius 1 is 1.11 bits per heavy atom. The van der Waals surface area contributed by atoms with Gasteiger partial charge in [-0.05, 0) is 18.2 Å². The lowest BCUT2D eigenvalue weighted by Gasteiger charge is -2.05. The molecule has 18 heavy (non-hydrogen) atoms. The van der Waals surface area contributed by atoms with Gasteiger partial charge in [0.15, 0.2) is 10.3 Å². The monoisotopic (exact) mass is 302 g/mol. The van der Waals surface area contributed by atoms with Crippen molar-refractivity contribution in [3.05, 3.63) is 45.4 Å². The minimum absolute atomic E-state index is 0.0289. The summed E-state index contributed by atoms with van der Waals surface area (Å²) >= 11 is 17.0. The number of rotatable bonds is 2. The average molecular weight is 304 g/mol. The number of halogens is 3. The summed E-state index contributed by atoms with van der Waals surface area (Å²) in [5.41, 5.74) is 0.611. The number of nitrogens with zero attached hydrogens (tertiary/aromatic N) is 3. The number of carbonyl (C=O) groups excluding carboxylic acids is 1. The zero-order valence-electron chi connectivity index (χ0n) is 8.69. The Bertz CT molecular complexity index is 588. The lowest BCUT2D eigenvalue weighted by Crippen LogP contribution is -2.13. The van der Waals surface area contributed by atoms with Gasteiger partial charge in [0.05, 0.1) is 17.4 Å². The normalized spacial score (nSPS) is 10.2. The minimum Gasteiger partial charge on any atom is -0.320 e. The van der Waals surface area contributed by atoms with Crippen LogP contribution >= 0.6 is 34.8 Å². The van der Waals surface area contributed by atoms with Gasteiger partial charge in [-0.15, -0.1) is 10.2 Å². The van der Waals surface area contributed by atoms with E-state index in [4.69, 9.17) is 34.8 Å². The Kier molecular flexibility index (Phi) is 3.96. The molecule has 0 saturated heterocycles. The molecule has 92 valence electrons. The molecule has 2 aromatic heterocycles. The van der Waals surface area contributed by atoms with Gasteiger partial charge in [-0.25, -0.2) is 4.98 Å². The Morgan fingerprint density at radius 3 is 2.56 bits per heavy atom. The lowest BCUT2D eigenvalue weighted by molar-refractivity contribution is 0.102. The van der Waals surface area contributed by atoms with Crippen LogP contribution in [0.3, 0.4) is 0 Å². The molecule has 2 aromatic rings. The Hall–Kier alpha value is -1.43. The minimum atomic E-state index is -0.457. The third-order valence-electron chi connectivity index (χ3n) is 1.95. The fourth-order valence-corrected chi connectivity index (χ4v) is 1.60. The second-order valence-corrected chi connectivity index (χ2v) is 4.33. The predicted molar refractivity (Wildman–Crippen MR) is 69.3 cm³/mol. The van der Waals surface area contributed by atoms with E-state index >= 15 is 0 Å². The molecule has 2 heterocycles. The van der Waals surface area contributed by atoms with Crippen molar-refractivity contribution in [2.24, 2.45) is 0 Å². The van der Waals surface area contributed by atoms with Gasteiger partial charge in [0, 0.05) is 0 Å². The number of hydrogen-bond donors (Lipinski definition) is 1. The second-order valence-electron chi connectivity index (χ2n) is 3.20. The largest absolute Gasteiger partial charge is 0.320 e. The van der Waals surface area contributed by atoms with Gasteiger partial charge in [0.25, 0.3) is 5.91 Å². The summed E-state index contributed by atoms with van der Waals surface area (Å²) in [5, 5.41) is 10.0. The number of hydrogen-bond acceptors (Lipinski definition) is 4. The number of pyridine rings is 1. The average Bonchev–Trinajstić information content (AvgIpc) is 2.35. The topological polar surface area (TPSA) is 67.8 Å². The molecule has 0 saturated carbocycles. The molecule has 0 aliphatic rings. The highest BCUT2D eigenvalue weighted by Gasteiger charge is 2.13. The molecule has 0 atom stereocenters. The summed E-state index contributed by atoms with van der Waals surface area (Å²) in [7, 11) is 0. The summed E-state index contributed by atoms with van der Waals surface area (Å²) in [6.45, 7) is 0. The summed E-state index contributed by atoms with van der Waals surface area (Å²) < 4.78 is 0. The Balaban J connectivity index is 2.21. The van der Waals surface area contributed by atoms with Crippen molar-refractivity contribution in [2.75, 3.05) is 5.32 Å². The fraction of sp³-hybridized carbons (Fsp3) is 0. The van der Waals surface area contributed by atoms with E-state index in [1.807, 2.05) is 0 Å². The van der Waals surface area contributed by atoms with E-state index in [-0.39, 0.29) is 15.9 Å². The van der Waals surface area contributed by atoms with Gasteiger partial charge in [0.2, 0.25) is 0 Å². The van der Waals surface area contributed by atoms with Gasteiger partial charge in [-0.3, -0.25) is 4.79 Å². The van der Waals surface area contributed by atoms with Crippen LogP contribution in [0.2, 0.25) is 15.5 Å². The van der Waals surface area contributed by atoms with Crippen molar-refractivity contribution >= 4 is 46.4 Å². The first kappa shape index (κ1) is 13.0. The van der Waals surface area contributed by atoms with Crippen LogP contribution in [0.15, 0.2) is 24.4 Å². The standard InChI is InChI=1S/C10H5Cl3N4O/c11-7-2-1-5(4-14-7)15-10(18)6-3-8(12)16-17-9(6)13/h1-4H,(H,15,18). The van der Waals surface area contributed by atoms with Crippen molar-refractivity contribution in [2.45, 2.75) is 0 Å². The molecule has 0 fully saturated rings. The molecule has 5 nitrogen and oxygen atoms in total. The molecule has 0 bridgehead atoms. The molecule has 0 radical (unpaired) electrons. The van der Waals surface area contributed by atoms with E-state index in [1.165, 1.54) is 12.3 Å². The quantitative estimate of drug-likeness (QED) is 0.866. The van der Waals surface area contributed by atoms with Crippen LogP contribution in [0.4, 0.5) is 5.69 Å². The summed E-state index contributed by atoms with van der Waals surface area (Å²) in [5.74, 6) is -0.457. The smallest absolute Gasteiger partial charge is 0.259 e. The first-order chi connectivity index (χ1) is 8.56. The number of anilines is 1. The summed E-state index contributed by atoms with van der Waals surface area (Å²) in [4.78, 5) is 15.7. The molecular weight excluding hydrogens is 298 g/mol. The highest BCUT2D eigenvalue weighted by Crippen LogP contribution is 2.17. The van der Waals surface area contributed by atoms with Crippen molar-refractivity contribution in [1.29, 1.82) is 0 Å². The second kappa shape index (κ2) is 5.48. The molecule has 0 unspecified atom stereocenters. The maximum Gasteiger partial charge on any atom is 0.259 e. The molecule has 0 aliphatic heterocycles. The van der Waals surface area contributed by atoms with Crippen LogP contribution in [-0.4, -0.2) is 21.1 Å². The number of amides is 1. The lowest BCUT2D eigenvalue weighted by atomic mass is 10.3. The van der Waals surface area contributed by atoms with E-state index < -0.39 is 5.91 Å². The Morgan fingerprint density at radius 2 is 1.89 bits per heavy atom. The molecule has 0 aromatic carbocycles. The van der Waals surface area contributed by atoms with Crippen LogP contribution < -0.4 is 5.32 Å². The van der Waals surface area contributed by atoms with Crippen molar-refractivity contribution in [3.63, 3.8) is 0 Å². The third-order valence-corrected chi connectivity index (χ3v) is 2.64. The SMILES string of the molecule is O=C(Nc1ccc(Cl)nc1)c1cc(Cl)nnc1Cl. The van der Waals surface area contributed by atoms with Gasteiger partial charge >= 0.3 is 0 Å². The van der Waals surface area contributed by atoms with Crippen LogP contribution in [-0.2, 0) is 0 Å². The van der Waals surface area contributed by atoms with Crippen LogP contribution in [0.5, 0.6) is 0 Å². The van der Waals surface area contributed by atoms with Gasteiger partial charge < -0.3 is 5.32 Å². The summed E-state index contributed by atoms with van der Waals surface area (Å²) in [6, 6.07) is 4.49. The third kappa shape index (κ3) is 3.07. The first-order valence-electron chi connectivity index (χ1n) is 4.68. The van der Waals surface area contributed by atoms with Crippen molar-refractivity contribution in [3.8, 4) is 0 Å². The van der Waals surface area contributed by atoms with Gasteiger partial charge in [0.1, 0.15) is 5.15 Å². The maximum atomic E-state index is 11.9. The fourth-order valence-electron chi connectivity index (χ4n) is 1.16. The highest BCUT2D eigenvalue weighted by atomic mass is 35.5. The van der Waals surface area contributed by atoms with E-state index in [2.05, 4.69) is 20.5 Å². The van der Waals surface area contributed by atoms with E-state index in [0.29, 0.717) is 10.8 Å². The number of nitrogens with one attached hydrogen (secondary N) is 1. The van der Waals surface area contributed by atoms with Crippen LogP contribution in [0.25, 0.3) is 0 Å². The highest BCUT2D eigenvalue weighted by molar-refractivity contribution is 6.34. The van der Waals surface area contributed by atoms with Crippen molar-refractivity contribution in [1.82, 2.24) is 15.2 Å². The number of carbonyl (C=O) groups is 1. The molecule has 1 amide bonds. The van der Waals surface area contributed by atoms with E-state index in [9.17, 15) is 4.79 Å².